The zero-order valence-corrected chi connectivity index (χ0v) is 10.6. The quantitative estimate of drug-likeness (QED) is 0.510. The lowest BCUT2D eigenvalue weighted by molar-refractivity contribution is -0.141. The second kappa shape index (κ2) is 5.27. The summed E-state index contributed by atoms with van der Waals surface area (Å²) >= 11 is 10.4. The summed E-state index contributed by atoms with van der Waals surface area (Å²) in [4.78, 5) is 0. The van der Waals surface area contributed by atoms with Gasteiger partial charge in [-0.05, 0) is 20.3 Å². The maximum absolute atomic E-state index is 12.6. The van der Waals surface area contributed by atoms with Gasteiger partial charge in [-0.3, -0.25) is 0 Å². The van der Waals surface area contributed by atoms with Crippen LogP contribution in [0.2, 0.25) is 0 Å². The molecule has 0 atom stereocenters. The molecule has 9 heteroatoms. The summed E-state index contributed by atoms with van der Waals surface area (Å²) in [6.07, 6.45) is -9.82. The summed E-state index contributed by atoms with van der Waals surface area (Å²) in [5, 5.41) is -1.00. The van der Waals surface area contributed by atoms with Crippen LogP contribution >= 0.6 is 31.4 Å². The van der Waals surface area contributed by atoms with E-state index in [1.807, 2.05) is 0 Å². The van der Waals surface area contributed by atoms with Gasteiger partial charge in [-0.2, -0.15) is 26.3 Å². The monoisotopic (exact) mass is 326 g/mol. The molecule has 18 heavy (non-hydrogen) atoms. The van der Waals surface area contributed by atoms with Crippen LogP contribution in [-0.2, 0) is 12.4 Å². The average Bonchev–Trinajstić information content (AvgIpc) is 2.13. The van der Waals surface area contributed by atoms with Crippen LogP contribution in [0.4, 0.5) is 26.3 Å². The number of halogens is 8. The maximum atomic E-state index is 12.6. The minimum atomic E-state index is -4.91. The van der Waals surface area contributed by atoms with Crippen molar-refractivity contribution in [3.05, 3.63) is 29.3 Å². The molecule has 0 nitrogen and oxygen atoms in total. The van der Waals surface area contributed by atoms with E-state index < -0.39 is 41.2 Å². The SMILES string of the molecule is FC(F)(F)c1cccc(C(F)(F)F)c1P=C(Cl)Cl. The van der Waals surface area contributed by atoms with Gasteiger partial charge in [0.05, 0.1) is 11.1 Å². The first-order chi connectivity index (χ1) is 8.03. The third kappa shape index (κ3) is 3.77. The lowest BCUT2D eigenvalue weighted by Crippen LogP contribution is -2.23. The Morgan fingerprint density at radius 1 is 0.889 bits per heavy atom. The highest BCUT2D eigenvalue weighted by atomic mass is 35.5. The fourth-order valence-electron chi connectivity index (χ4n) is 1.21. The van der Waals surface area contributed by atoms with E-state index in [4.69, 9.17) is 23.2 Å². The Hall–Kier alpha value is -0.450. The molecule has 1 aromatic carbocycles. The Morgan fingerprint density at radius 2 is 1.28 bits per heavy atom. The van der Waals surface area contributed by atoms with Crippen molar-refractivity contribution in [2.24, 2.45) is 0 Å². The average molecular weight is 327 g/mol. The maximum Gasteiger partial charge on any atom is 0.417 e. The first-order valence-electron chi connectivity index (χ1n) is 4.20. The van der Waals surface area contributed by atoms with Crippen LogP contribution < -0.4 is 5.30 Å². The van der Waals surface area contributed by atoms with Gasteiger partial charge in [-0.1, -0.05) is 29.3 Å². The Labute approximate surface area is 109 Å². The molecule has 0 spiro atoms. The fourth-order valence-corrected chi connectivity index (χ4v) is 2.53. The van der Waals surface area contributed by atoms with Crippen LogP contribution in [0, 0.1) is 0 Å². The number of hydrogen-bond donors (Lipinski definition) is 0. The van der Waals surface area contributed by atoms with Gasteiger partial charge < -0.3 is 0 Å². The number of benzene rings is 1. The predicted octanol–water partition coefficient (Wildman–Crippen LogP) is 4.86. The van der Waals surface area contributed by atoms with Crippen molar-refractivity contribution in [3.8, 4) is 0 Å². The van der Waals surface area contributed by atoms with Gasteiger partial charge >= 0.3 is 12.4 Å². The van der Waals surface area contributed by atoms with Gasteiger partial charge in [0, 0.05) is 5.30 Å². The van der Waals surface area contributed by atoms with E-state index in [1.54, 1.807) is 0 Å². The Kier molecular flexibility index (Phi) is 4.57. The first-order valence-corrected chi connectivity index (χ1v) is 5.85. The summed E-state index contributed by atoms with van der Waals surface area (Å²) in [6.45, 7) is 0. The molecule has 0 aliphatic rings. The Morgan fingerprint density at radius 3 is 1.56 bits per heavy atom. The molecule has 0 bridgehead atoms. The summed E-state index contributed by atoms with van der Waals surface area (Å²) in [6, 6.07) is 1.79. The minimum absolute atomic E-state index is 0.537. The van der Waals surface area contributed by atoms with E-state index in [-0.39, 0.29) is 0 Å². The second-order valence-corrected chi connectivity index (χ2v) is 5.64. The molecule has 0 N–H and O–H groups in total. The first kappa shape index (κ1) is 15.6. The number of hydrogen-bond acceptors (Lipinski definition) is 0. The van der Waals surface area contributed by atoms with E-state index in [2.05, 4.69) is 0 Å². The predicted molar refractivity (Wildman–Crippen MR) is 59.7 cm³/mol. The highest BCUT2D eigenvalue weighted by molar-refractivity contribution is 7.59. The zero-order valence-electron chi connectivity index (χ0n) is 8.20. The highest BCUT2D eigenvalue weighted by Crippen LogP contribution is 2.36. The molecule has 0 aromatic heterocycles. The van der Waals surface area contributed by atoms with Crippen molar-refractivity contribution in [3.63, 3.8) is 0 Å². The Bertz CT molecular complexity index is 441. The molecule has 0 saturated carbocycles. The van der Waals surface area contributed by atoms with Crippen molar-refractivity contribution in [1.29, 1.82) is 0 Å². The standard InChI is InChI=1S/C9H3Cl2F6P/c10-7(11)18-6-4(8(12,13)14)2-1-3-5(6)9(15,16)17/h1-3H. The molecule has 0 fully saturated rings. The summed E-state index contributed by atoms with van der Waals surface area (Å²) in [5.41, 5.74) is -2.81. The fraction of sp³-hybridized carbons (Fsp3) is 0.222. The number of alkyl halides is 6. The lowest BCUT2D eigenvalue weighted by Gasteiger charge is -2.15. The van der Waals surface area contributed by atoms with Gasteiger partial charge in [0.2, 0.25) is 0 Å². The topological polar surface area (TPSA) is 0 Å². The van der Waals surface area contributed by atoms with E-state index >= 15 is 0 Å². The summed E-state index contributed by atoms with van der Waals surface area (Å²) in [5.74, 6) is 0. The molecule has 0 saturated heterocycles. The van der Waals surface area contributed by atoms with Crippen LogP contribution in [-0.4, -0.2) is 4.21 Å². The molecular formula is C9H3Cl2F6P. The zero-order chi connectivity index (χ0) is 14.1. The molecule has 0 radical (unpaired) electrons. The molecular weight excluding hydrogens is 324 g/mol. The van der Waals surface area contributed by atoms with Crippen molar-refractivity contribution in [2.75, 3.05) is 0 Å². The molecule has 0 aliphatic heterocycles. The van der Waals surface area contributed by atoms with Crippen LogP contribution in [0.5, 0.6) is 0 Å². The summed E-state index contributed by atoms with van der Waals surface area (Å²) < 4.78 is 75.0. The van der Waals surface area contributed by atoms with E-state index in [0.29, 0.717) is 18.2 Å². The molecule has 1 aromatic rings. The van der Waals surface area contributed by atoms with Crippen LogP contribution in [0.25, 0.3) is 0 Å². The Balaban J connectivity index is 3.61. The van der Waals surface area contributed by atoms with Crippen molar-refractivity contribution in [2.45, 2.75) is 12.4 Å². The van der Waals surface area contributed by atoms with Gasteiger partial charge in [-0.25, -0.2) is 0 Å². The highest BCUT2D eigenvalue weighted by Gasteiger charge is 2.40. The molecule has 1 rings (SSSR count). The largest absolute Gasteiger partial charge is 0.417 e. The summed E-state index contributed by atoms with van der Waals surface area (Å²) in [7, 11) is -0.537. The van der Waals surface area contributed by atoms with Crippen LogP contribution in [0.1, 0.15) is 11.1 Å². The molecule has 0 unspecified atom stereocenters. The van der Waals surface area contributed by atoms with Gasteiger partial charge in [-0.15, -0.1) is 0 Å². The van der Waals surface area contributed by atoms with Gasteiger partial charge in [0.15, 0.2) is 0 Å². The van der Waals surface area contributed by atoms with Crippen molar-refractivity contribution < 1.29 is 26.3 Å². The normalized spacial score (nSPS) is 12.9. The van der Waals surface area contributed by atoms with Crippen LogP contribution in [0.3, 0.4) is 0 Å². The van der Waals surface area contributed by atoms with E-state index in [1.165, 1.54) is 0 Å². The molecule has 100 valence electrons. The van der Waals surface area contributed by atoms with E-state index in [9.17, 15) is 26.3 Å². The lowest BCUT2D eigenvalue weighted by atomic mass is 10.1. The third-order valence-electron chi connectivity index (χ3n) is 1.84. The minimum Gasteiger partial charge on any atom is -0.166 e. The third-order valence-corrected chi connectivity index (χ3v) is 3.22. The van der Waals surface area contributed by atoms with Gasteiger partial charge in [0.25, 0.3) is 0 Å². The van der Waals surface area contributed by atoms with E-state index in [0.717, 1.165) is 0 Å². The molecule has 0 heterocycles. The van der Waals surface area contributed by atoms with Gasteiger partial charge in [0.1, 0.15) is 4.21 Å². The second-order valence-electron chi connectivity index (χ2n) is 3.05. The molecule has 0 amide bonds. The van der Waals surface area contributed by atoms with Crippen molar-refractivity contribution >= 4 is 40.9 Å². The smallest absolute Gasteiger partial charge is 0.166 e. The number of rotatable bonds is 1. The molecule has 0 aliphatic carbocycles. The van der Waals surface area contributed by atoms with Crippen molar-refractivity contribution in [1.82, 2.24) is 0 Å². The van der Waals surface area contributed by atoms with Crippen LogP contribution in [0.15, 0.2) is 18.2 Å².